The molecule has 0 aliphatic carbocycles. The van der Waals surface area contributed by atoms with Gasteiger partial charge in [-0.2, -0.15) is 9.97 Å². The number of esters is 1. The van der Waals surface area contributed by atoms with E-state index in [1.54, 1.807) is 20.8 Å². The number of ether oxygens (including phenoxy) is 3. The summed E-state index contributed by atoms with van der Waals surface area (Å²) < 4.78 is 36.8. The Kier molecular flexibility index (Phi) is 9.20. The largest absolute Gasteiger partial charge is 0.476 e. The molecule has 0 spiro atoms. The number of nitrogens with one attached hydrogen (secondary N) is 1. The van der Waals surface area contributed by atoms with Crippen molar-refractivity contribution in [3.63, 3.8) is 0 Å². The van der Waals surface area contributed by atoms with Crippen LogP contribution in [0, 0.1) is 0 Å². The molecule has 2 aromatic rings. The lowest BCUT2D eigenvalue weighted by atomic mass is 9.96. The van der Waals surface area contributed by atoms with E-state index in [-0.39, 0.29) is 30.7 Å². The fourth-order valence-electron chi connectivity index (χ4n) is 3.70. The van der Waals surface area contributed by atoms with Gasteiger partial charge in [-0.15, -0.1) is 0 Å². The first-order valence-electron chi connectivity index (χ1n) is 11.5. The van der Waals surface area contributed by atoms with Crippen LogP contribution in [0.4, 0.5) is 5.95 Å². The number of nitrogen functional groups attached to an aromatic ring is 1. The van der Waals surface area contributed by atoms with Crippen LogP contribution in [0.25, 0.3) is 11.2 Å². The van der Waals surface area contributed by atoms with Crippen LogP contribution in [0.15, 0.2) is 6.33 Å². The van der Waals surface area contributed by atoms with Crippen molar-refractivity contribution in [3.05, 3.63) is 6.33 Å². The Morgan fingerprint density at radius 1 is 1.39 bits per heavy atom. The fourth-order valence-corrected chi connectivity index (χ4v) is 7.31. The Morgan fingerprint density at radius 2 is 2.11 bits per heavy atom. The molecule has 1 aliphatic rings. The van der Waals surface area contributed by atoms with Gasteiger partial charge in [0.25, 0.3) is 0 Å². The fraction of sp³-hybridized carbons (Fsp3) is 0.700. The Bertz CT molecular complexity index is 1120. The Balaban J connectivity index is 1.81. The molecule has 1 saturated heterocycles. The monoisotopic (exact) mass is 548 g/mol. The van der Waals surface area contributed by atoms with Gasteiger partial charge >= 0.3 is 12.7 Å². The quantitative estimate of drug-likeness (QED) is 0.218. The van der Waals surface area contributed by atoms with Gasteiger partial charge in [-0.3, -0.25) is 13.9 Å². The van der Waals surface area contributed by atoms with Crippen LogP contribution in [0.5, 0.6) is 5.88 Å². The van der Waals surface area contributed by atoms with Gasteiger partial charge in [0.05, 0.1) is 26.1 Å². The number of fused-ring (bicyclic) bond motifs is 1. The Hall–Kier alpha value is -2.00. The molecule has 36 heavy (non-hydrogen) atoms. The number of nitrogens with two attached hydrogens (primary N) is 1. The van der Waals surface area contributed by atoms with Crippen molar-refractivity contribution >= 4 is 41.2 Å². The van der Waals surface area contributed by atoms with Gasteiger partial charge in [0, 0.05) is 5.75 Å². The van der Waals surface area contributed by atoms with Gasteiger partial charge in [0.2, 0.25) is 11.8 Å². The summed E-state index contributed by atoms with van der Waals surface area (Å²) >= 11 is 0.990. The van der Waals surface area contributed by atoms with E-state index in [2.05, 4.69) is 20.0 Å². The topological polar surface area (TPSA) is 193 Å². The highest BCUT2D eigenvalue weighted by atomic mass is 32.7. The smallest absolute Gasteiger partial charge is 0.327 e. The minimum absolute atomic E-state index is 0.0647. The molecule has 3 heterocycles. The van der Waals surface area contributed by atoms with Gasteiger partial charge in [-0.1, -0.05) is 18.3 Å². The second-order valence-corrected chi connectivity index (χ2v) is 12.7. The SMILES string of the molecule is CCOC(=O)[C@@H](C)NP(=O)(OC[C@H]1O[C@@H](n2cnc3c(OCC)nc(N)nc32)[C@](C)(O)[C@@H]1O)SCC. The number of carbonyl (C=O) groups excluding carboxylic acids is 1. The van der Waals surface area contributed by atoms with E-state index >= 15 is 0 Å². The summed E-state index contributed by atoms with van der Waals surface area (Å²) in [6, 6.07) is -0.887. The van der Waals surface area contributed by atoms with Crippen LogP contribution < -0.4 is 15.6 Å². The van der Waals surface area contributed by atoms with Gasteiger partial charge in [0.15, 0.2) is 17.4 Å². The number of hydrogen-bond acceptors (Lipinski definition) is 13. The van der Waals surface area contributed by atoms with Crippen molar-refractivity contribution < 1.29 is 38.3 Å². The molecule has 0 amide bonds. The van der Waals surface area contributed by atoms with Crippen LogP contribution in [-0.4, -0.2) is 85.1 Å². The zero-order chi connectivity index (χ0) is 26.7. The highest BCUT2D eigenvalue weighted by Crippen LogP contribution is 2.56. The second-order valence-electron chi connectivity index (χ2n) is 8.16. The van der Waals surface area contributed by atoms with Crippen molar-refractivity contribution in [1.29, 1.82) is 0 Å². The minimum atomic E-state index is -3.59. The van der Waals surface area contributed by atoms with Crippen molar-refractivity contribution in [3.8, 4) is 5.88 Å². The maximum Gasteiger partial charge on any atom is 0.327 e. The number of aromatic nitrogens is 4. The molecule has 6 atom stereocenters. The first kappa shape index (κ1) is 28.6. The summed E-state index contributed by atoms with van der Waals surface area (Å²) in [4.78, 5) is 24.5. The van der Waals surface area contributed by atoms with E-state index in [9.17, 15) is 19.6 Å². The van der Waals surface area contributed by atoms with Crippen molar-refractivity contribution in [1.82, 2.24) is 24.6 Å². The first-order valence-corrected chi connectivity index (χ1v) is 14.7. The predicted octanol–water partition coefficient (Wildman–Crippen LogP) is 1.24. The third kappa shape index (κ3) is 5.93. The number of rotatable bonds is 12. The molecule has 3 rings (SSSR count). The molecule has 16 heteroatoms. The molecule has 202 valence electrons. The average Bonchev–Trinajstić information content (AvgIpc) is 3.31. The molecular weight excluding hydrogens is 515 g/mol. The number of aliphatic hydroxyl groups is 2. The van der Waals surface area contributed by atoms with Crippen molar-refractivity contribution in [2.75, 3.05) is 31.3 Å². The molecule has 0 saturated carbocycles. The number of aliphatic hydroxyl groups excluding tert-OH is 1. The van der Waals surface area contributed by atoms with E-state index in [4.69, 9.17) is 24.5 Å². The summed E-state index contributed by atoms with van der Waals surface area (Å²) in [6.45, 7) is 4.72. The number of imidazole rings is 1. The molecule has 14 nitrogen and oxygen atoms in total. The summed E-state index contributed by atoms with van der Waals surface area (Å²) in [5.74, 6) is -0.0301. The van der Waals surface area contributed by atoms with E-state index in [0.29, 0.717) is 17.9 Å². The highest BCUT2D eigenvalue weighted by Gasteiger charge is 2.54. The number of hydrogen-bond donors (Lipinski definition) is 4. The lowest BCUT2D eigenvalue weighted by Crippen LogP contribution is -2.44. The first-order chi connectivity index (χ1) is 17.0. The maximum atomic E-state index is 13.3. The van der Waals surface area contributed by atoms with E-state index in [1.807, 2.05) is 0 Å². The molecular formula is C20H33N6O8PS. The van der Waals surface area contributed by atoms with Crippen LogP contribution in [0.1, 0.15) is 40.8 Å². The molecule has 0 radical (unpaired) electrons. The van der Waals surface area contributed by atoms with Crippen LogP contribution >= 0.6 is 18.1 Å². The van der Waals surface area contributed by atoms with Gasteiger partial charge in [-0.05, 0) is 27.7 Å². The van der Waals surface area contributed by atoms with Gasteiger partial charge in [0.1, 0.15) is 23.9 Å². The second kappa shape index (κ2) is 11.6. The highest BCUT2D eigenvalue weighted by molar-refractivity contribution is 8.56. The average molecular weight is 549 g/mol. The van der Waals surface area contributed by atoms with E-state index < -0.39 is 42.8 Å². The summed E-state index contributed by atoms with van der Waals surface area (Å²) in [6.07, 6.45) is -2.26. The lowest BCUT2D eigenvalue weighted by molar-refractivity contribution is -0.144. The Morgan fingerprint density at radius 3 is 2.75 bits per heavy atom. The van der Waals surface area contributed by atoms with Crippen LogP contribution in [-0.2, 0) is 23.4 Å². The van der Waals surface area contributed by atoms with Crippen molar-refractivity contribution in [2.24, 2.45) is 0 Å². The molecule has 1 unspecified atom stereocenters. The molecule has 1 aliphatic heterocycles. The predicted molar refractivity (Wildman–Crippen MR) is 132 cm³/mol. The number of anilines is 1. The minimum Gasteiger partial charge on any atom is -0.476 e. The summed E-state index contributed by atoms with van der Waals surface area (Å²) in [5, 5.41) is 24.7. The van der Waals surface area contributed by atoms with Gasteiger partial charge in [-0.25, -0.2) is 10.1 Å². The third-order valence-electron chi connectivity index (χ3n) is 5.39. The lowest BCUT2D eigenvalue weighted by Gasteiger charge is -2.27. The van der Waals surface area contributed by atoms with Crippen molar-refractivity contribution in [2.45, 2.75) is 64.7 Å². The zero-order valence-corrected chi connectivity index (χ0v) is 22.5. The summed E-state index contributed by atoms with van der Waals surface area (Å²) in [7, 11) is 0. The number of carbonyl (C=O) groups is 1. The normalized spacial score (nSPS) is 26.6. The number of nitrogens with zero attached hydrogens (tertiary/aromatic N) is 4. The van der Waals surface area contributed by atoms with E-state index in [1.165, 1.54) is 24.7 Å². The Labute approximate surface area is 212 Å². The third-order valence-corrected chi connectivity index (χ3v) is 9.61. The van der Waals surface area contributed by atoms with Crippen LogP contribution in [0.3, 0.4) is 0 Å². The molecule has 0 aromatic carbocycles. The van der Waals surface area contributed by atoms with E-state index in [0.717, 1.165) is 11.4 Å². The standard InChI is InChI=1S/C20H33N6O8PS/c1-6-31-16-13-15(23-19(21)24-16)26(10-22-13)18-20(5,29)14(27)12(34-18)9-33-35(30,36-8-3)25-11(4)17(28)32-7-2/h10-12,14,18,27,29H,6-9H2,1-5H3,(H,25,30)(H2,21,23,24)/t11-,12-,14-,18-,20-,35?/m1/s1. The zero-order valence-electron chi connectivity index (χ0n) is 20.8. The summed E-state index contributed by atoms with van der Waals surface area (Å²) in [5.41, 5.74) is 4.56. The van der Waals surface area contributed by atoms with Crippen LogP contribution in [0.2, 0.25) is 0 Å². The van der Waals surface area contributed by atoms with Gasteiger partial charge < -0.3 is 34.7 Å². The molecule has 5 N–H and O–H groups in total. The maximum absolute atomic E-state index is 13.3. The molecule has 2 aromatic heterocycles. The molecule has 0 bridgehead atoms. The molecule has 1 fully saturated rings.